The van der Waals surface area contributed by atoms with Gasteiger partial charge in [0.2, 0.25) is 10.0 Å². The van der Waals surface area contributed by atoms with Gasteiger partial charge in [-0.25, -0.2) is 8.42 Å². The predicted molar refractivity (Wildman–Crippen MR) is 79.6 cm³/mol. The highest BCUT2D eigenvalue weighted by Gasteiger charge is 2.21. The molecule has 2 rings (SSSR count). The van der Waals surface area contributed by atoms with Crippen LogP contribution in [0.5, 0.6) is 0 Å². The lowest BCUT2D eigenvalue weighted by atomic mass is 9.91. The Labute approximate surface area is 115 Å². The summed E-state index contributed by atoms with van der Waals surface area (Å²) in [4.78, 5) is 0. The molecule has 19 heavy (non-hydrogen) atoms. The van der Waals surface area contributed by atoms with Crippen molar-refractivity contribution >= 4 is 21.4 Å². The Morgan fingerprint density at radius 1 is 1.26 bits per heavy atom. The molecule has 106 valence electrons. The Hall–Kier alpha value is -1.23. The molecule has 1 saturated carbocycles. The van der Waals surface area contributed by atoms with E-state index in [1.54, 1.807) is 18.2 Å². The van der Waals surface area contributed by atoms with Crippen LogP contribution in [0, 0.1) is 12.8 Å². The molecule has 0 aliphatic heterocycles. The smallest absolute Gasteiger partial charge is 0.233 e. The molecule has 1 aliphatic rings. The lowest BCUT2D eigenvalue weighted by molar-refractivity contribution is 0.385. The summed E-state index contributed by atoms with van der Waals surface area (Å²) in [6.45, 7) is 1.83. The highest BCUT2D eigenvalue weighted by atomic mass is 32.2. The van der Waals surface area contributed by atoms with E-state index in [0.29, 0.717) is 17.3 Å². The summed E-state index contributed by atoms with van der Waals surface area (Å²) in [5.74, 6) is 0.522. The van der Waals surface area contributed by atoms with E-state index in [9.17, 15) is 8.42 Å². The molecule has 1 fully saturated rings. The Morgan fingerprint density at radius 3 is 2.63 bits per heavy atom. The van der Waals surface area contributed by atoms with Gasteiger partial charge in [-0.3, -0.25) is 4.72 Å². The number of nitrogens with two attached hydrogens (primary N) is 1. The molecule has 0 heterocycles. The highest BCUT2D eigenvalue weighted by Crippen LogP contribution is 2.26. The molecule has 0 bridgehead atoms. The number of benzene rings is 1. The molecule has 3 N–H and O–H groups in total. The summed E-state index contributed by atoms with van der Waals surface area (Å²) in [6.07, 6.45) is 5.58. The fourth-order valence-electron chi connectivity index (χ4n) is 2.64. The van der Waals surface area contributed by atoms with Gasteiger partial charge >= 0.3 is 0 Å². The quantitative estimate of drug-likeness (QED) is 0.834. The molecule has 4 nitrogen and oxygen atoms in total. The summed E-state index contributed by atoms with van der Waals surface area (Å²) >= 11 is 0. The van der Waals surface area contributed by atoms with E-state index in [0.717, 1.165) is 31.2 Å². The van der Waals surface area contributed by atoms with Gasteiger partial charge in [0.15, 0.2) is 0 Å². The average molecular weight is 282 g/mol. The molecular formula is C14H22N2O2S. The summed E-state index contributed by atoms with van der Waals surface area (Å²) in [5.41, 5.74) is 7.78. The molecule has 0 unspecified atom stereocenters. The highest BCUT2D eigenvalue weighted by molar-refractivity contribution is 7.92. The zero-order chi connectivity index (χ0) is 13.9. The van der Waals surface area contributed by atoms with E-state index in [-0.39, 0.29) is 5.75 Å². The summed E-state index contributed by atoms with van der Waals surface area (Å²) in [7, 11) is -3.28. The van der Waals surface area contributed by atoms with Gasteiger partial charge in [-0.2, -0.15) is 0 Å². The van der Waals surface area contributed by atoms with E-state index in [1.165, 1.54) is 6.42 Å². The number of rotatable bonds is 4. The second-order valence-electron chi connectivity index (χ2n) is 5.41. The van der Waals surface area contributed by atoms with Crippen LogP contribution in [0.2, 0.25) is 0 Å². The summed E-state index contributed by atoms with van der Waals surface area (Å²) < 4.78 is 27.0. The molecule has 5 heteroatoms. The average Bonchev–Trinajstić information content (AvgIpc) is 2.35. The van der Waals surface area contributed by atoms with E-state index in [2.05, 4.69) is 4.72 Å². The van der Waals surface area contributed by atoms with Crippen LogP contribution in [-0.2, 0) is 10.0 Å². The molecule has 1 aromatic carbocycles. The van der Waals surface area contributed by atoms with Crippen molar-refractivity contribution in [2.45, 2.75) is 39.0 Å². The molecular weight excluding hydrogens is 260 g/mol. The van der Waals surface area contributed by atoms with Crippen molar-refractivity contribution in [1.82, 2.24) is 0 Å². The minimum Gasteiger partial charge on any atom is -0.398 e. The van der Waals surface area contributed by atoms with E-state index < -0.39 is 10.0 Å². The Bertz CT molecular complexity index is 534. The van der Waals surface area contributed by atoms with Gasteiger partial charge in [-0.1, -0.05) is 25.3 Å². The first-order valence-electron chi connectivity index (χ1n) is 6.83. The predicted octanol–water partition coefficient (Wildman–Crippen LogP) is 2.90. The molecule has 0 spiro atoms. The first-order chi connectivity index (χ1) is 8.98. The Morgan fingerprint density at radius 2 is 1.95 bits per heavy atom. The van der Waals surface area contributed by atoms with Gasteiger partial charge in [0.1, 0.15) is 0 Å². The van der Waals surface area contributed by atoms with E-state index >= 15 is 0 Å². The zero-order valence-electron chi connectivity index (χ0n) is 11.4. The lowest BCUT2D eigenvalue weighted by Crippen LogP contribution is -2.24. The zero-order valence-corrected chi connectivity index (χ0v) is 12.2. The third-order valence-electron chi connectivity index (χ3n) is 3.82. The largest absolute Gasteiger partial charge is 0.398 e. The molecule has 0 atom stereocenters. The summed E-state index contributed by atoms with van der Waals surface area (Å²) in [5, 5.41) is 0. The topological polar surface area (TPSA) is 72.2 Å². The van der Waals surface area contributed by atoms with Crippen LogP contribution in [0.3, 0.4) is 0 Å². The van der Waals surface area contributed by atoms with Crippen LogP contribution >= 0.6 is 0 Å². The monoisotopic (exact) mass is 282 g/mol. The molecule has 1 aromatic rings. The summed E-state index contributed by atoms with van der Waals surface area (Å²) in [6, 6.07) is 5.29. The number of anilines is 2. The van der Waals surface area contributed by atoms with Crippen molar-refractivity contribution in [3.8, 4) is 0 Å². The van der Waals surface area contributed by atoms with Crippen molar-refractivity contribution < 1.29 is 8.42 Å². The molecule has 1 aliphatic carbocycles. The van der Waals surface area contributed by atoms with Crippen molar-refractivity contribution in [2.24, 2.45) is 5.92 Å². The Kier molecular flexibility index (Phi) is 4.34. The van der Waals surface area contributed by atoms with Crippen molar-refractivity contribution in [3.63, 3.8) is 0 Å². The maximum atomic E-state index is 12.2. The third-order valence-corrected chi connectivity index (χ3v) is 5.26. The second kappa shape index (κ2) is 5.82. The van der Waals surface area contributed by atoms with Gasteiger partial charge in [0.25, 0.3) is 0 Å². The lowest BCUT2D eigenvalue weighted by Gasteiger charge is -2.22. The van der Waals surface area contributed by atoms with Crippen LogP contribution in [0.1, 0.15) is 37.7 Å². The molecule has 0 saturated heterocycles. The van der Waals surface area contributed by atoms with Gasteiger partial charge in [-0.05, 0) is 43.4 Å². The van der Waals surface area contributed by atoms with Gasteiger partial charge in [-0.15, -0.1) is 0 Å². The number of nitrogen functional groups attached to an aromatic ring is 1. The van der Waals surface area contributed by atoms with Crippen LogP contribution < -0.4 is 10.5 Å². The van der Waals surface area contributed by atoms with Crippen LogP contribution in [0.25, 0.3) is 0 Å². The molecule has 0 aromatic heterocycles. The van der Waals surface area contributed by atoms with Gasteiger partial charge in [0.05, 0.1) is 11.4 Å². The maximum Gasteiger partial charge on any atom is 0.233 e. The number of sulfonamides is 1. The fourth-order valence-corrected chi connectivity index (χ4v) is 4.23. The number of nitrogens with one attached hydrogen (secondary N) is 1. The Balaban J connectivity index is 2.06. The second-order valence-corrected chi connectivity index (χ2v) is 7.17. The fraction of sp³-hybridized carbons (Fsp3) is 0.571. The van der Waals surface area contributed by atoms with Crippen molar-refractivity contribution in [3.05, 3.63) is 23.8 Å². The minimum absolute atomic E-state index is 0.223. The van der Waals surface area contributed by atoms with Crippen LogP contribution in [-0.4, -0.2) is 14.2 Å². The van der Waals surface area contributed by atoms with Crippen LogP contribution in [0.4, 0.5) is 11.4 Å². The number of hydrogen-bond acceptors (Lipinski definition) is 3. The minimum atomic E-state index is -3.28. The third kappa shape index (κ3) is 3.86. The van der Waals surface area contributed by atoms with E-state index in [1.807, 2.05) is 6.92 Å². The van der Waals surface area contributed by atoms with Crippen molar-refractivity contribution in [1.29, 1.82) is 0 Å². The standard InChI is InChI=1S/C14H22N2O2S/c1-11-13(15)8-5-9-14(11)16-19(17,18)10-12-6-3-2-4-7-12/h5,8-9,12,16H,2-4,6-7,10,15H2,1H3. The number of hydrogen-bond donors (Lipinski definition) is 2. The first kappa shape index (κ1) is 14.2. The van der Waals surface area contributed by atoms with Gasteiger partial charge in [0, 0.05) is 5.69 Å². The maximum absolute atomic E-state index is 12.2. The van der Waals surface area contributed by atoms with Crippen LogP contribution in [0.15, 0.2) is 18.2 Å². The van der Waals surface area contributed by atoms with Gasteiger partial charge < -0.3 is 5.73 Å². The molecule has 0 amide bonds. The molecule has 0 radical (unpaired) electrons. The van der Waals surface area contributed by atoms with Crippen molar-refractivity contribution in [2.75, 3.05) is 16.2 Å². The van der Waals surface area contributed by atoms with E-state index in [4.69, 9.17) is 5.73 Å². The first-order valence-corrected chi connectivity index (χ1v) is 8.49. The SMILES string of the molecule is Cc1c(N)cccc1NS(=O)(=O)CC1CCCCC1. The normalized spacial score (nSPS) is 17.3.